The van der Waals surface area contributed by atoms with Crippen LogP contribution in [0, 0.1) is 6.92 Å². The summed E-state index contributed by atoms with van der Waals surface area (Å²) in [7, 11) is 0. The number of H-pyrrole nitrogens is 1. The number of nitrogens with zero attached hydrogens (tertiary/aromatic N) is 1. The van der Waals surface area contributed by atoms with Crippen LogP contribution in [0.2, 0.25) is 0 Å². The van der Waals surface area contributed by atoms with E-state index in [1.54, 1.807) is 6.20 Å². The molecule has 1 aromatic rings. The zero-order valence-electron chi connectivity index (χ0n) is 8.96. The fourth-order valence-electron chi connectivity index (χ4n) is 1.51. The van der Waals surface area contributed by atoms with Gasteiger partial charge < -0.3 is 5.32 Å². The van der Waals surface area contributed by atoms with Crippen molar-refractivity contribution in [3.8, 4) is 0 Å². The summed E-state index contributed by atoms with van der Waals surface area (Å²) in [5.74, 6) is -0.0263. The van der Waals surface area contributed by atoms with Crippen LogP contribution in [0.3, 0.4) is 0 Å². The first-order valence-electron chi connectivity index (χ1n) is 5.00. The number of nitrogens with one attached hydrogen (secondary N) is 2. The predicted molar refractivity (Wildman–Crippen MR) is 61.1 cm³/mol. The maximum Gasteiger partial charge on any atom is 0.254 e. The van der Waals surface area contributed by atoms with Gasteiger partial charge in [0.25, 0.3) is 5.91 Å². The highest BCUT2D eigenvalue weighted by molar-refractivity contribution is 8.00. The minimum absolute atomic E-state index is 0.0263. The summed E-state index contributed by atoms with van der Waals surface area (Å²) >= 11 is 1.84. The lowest BCUT2D eigenvalue weighted by atomic mass is 10.2. The van der Waals surface area contributed by atoms with Crippen LogP contribution in [0.15, 0.2) is 6.20 Å². The van der Waals surface area contributed by atoms with Gasteiger partial charge in [-0.05, 0) is 26.0 Å². The Kier molecular flexibility index (Phi) is 2.73. The number of amides is 1. The minimum atomic E-state index is -0.0263. The zero-order chi connectivity index (χ0) is 10.9. The lowest BCUT2D eigenvalue weighted by Crippen LogP contribution is -2.31. The molecule has 0 aliphatic heterocycles. The Hall–Kier alpha value is -0.970. The molecule has 15 heavy (non-hydrogen) atoms. The van der Waals surface area contributed by atoms with Gasteiger partial charge in [-0.2, -0.15) is 16.9 Å². The van der Waals surface area contributed by atoms with Crippen LogP contribution in [-0.2, 0) is 0 Å². The van der Waals surface area contributed by atoms with Crippen molar-refractivity contribution in [1.29, 1.82) is 0 Å². The van der Waals surface area contributed by atoms with Gasteiger partial charge in [-0.1, -0.05) is 0 Å². The van der Waals surface area contributed by atoms with Crippen molar-refractivity contribution >= 4 is 17.7 Å². The Labute approximate surface area is 93.2 Å². The van der Waals surface area contributed by atoms with E-state index in [1.807, 2.05) is 18.7 Å². The van der Waals surface area contributed by atoms with Gasteiger partial charge in [0, 0.05) is 17.0 Å². The molecule has 0 bridgehead atoms. The fourth-order valence-corrected chi connectivity index (χ4v) is 2.24. The first kappa shape index (κ1) is 10.5. The highest BCUT2D eigenvalue weighted by Gasteiger charge is 2.42. The topological polar surface area (TPSA) is 57.8 Å². The van der Waals surface area contributed by atoms with Gasteiger partial charge in [0.05, 0.1) is 11.8 Å². The molecular formula is C10H15N3OS. The van der Waals surface area contributed by atoms with E-state index in [1.165, 1.54) is 12.8 Å². The molecule has 1 amide bonds. The number of rotatable bonds is 4. The van der Waals surface area contributed by atoms with E-state index in [0.29, 0.717) is 10.3 Å². The summed E-state index contributed by atoms with van der Waals surface area (Å²) in [5.41, 5.74) is 1.47. The first-order chi connectivity index (χ1) is 7.17. The summed E-state index contributed by atoms with van der Waals surface area (Å²) in [6.07, 6.45) is 6.09. The monoisotopic (exact) mass is 225 g/mol. The van der Waals surface area contributed by atoms with Crippen LogP contribution in [-0.4, -0.2) is 33.7 Å². The molecule has 1 saturated carbocycles. The van der Waals surface area contributed by atoms with Gasteiger partial charge in [-0.15, -0.1) is 0 Å². The molecule has 82 valence electrons. The molecule has 0 aromatic carbocycles. The lowest BCUT2D eigenvalue weighted by molar-refractivity contribution is 0.0952. The summed E-state index contributed by atoms with van der Waals surface area (Å²) in [4.78, 5) is 11.7. The van der Waals surface area contributed by atoms with Crippen molar-refractivity contribution in [3.63, 3.8) is 0 Å². The average Bonchev–Trinajstić information content (AvgIpc) is 2.91. The van der Waals surface area contributed by atoms with Gasteiger partial charge in [-0.3, -0.25) is 9.89 Å². The van der Waals surface area contributed by atoms with Gasteiger partial charge in [-0.25, -0.2) is 0 Å². The number of aromatic nitrogens is 2. The third-order valence-electron chi connectivity index (χ3n) is 2.89. The minimum Gasteiger partial charge on any atom is -0.351 e. The van der Waals surface area contributed by atoms with Gasteiger partial charge in [0.2, 0.25) is 0 Å². The Bertz CT molecular complexity index is 370. The largest absolute Gasteiger partial charge is 0.351 e. The Balaban J connectivity index is 1.91. The summed E-state index contributed by atoms with van der Waals surface area (Å²) in [6, 6.07) is 0. The molecule has 5 heteroatoms. The van der Waals surface area contributed by atoms with Crippen LogP contribution in [0.5, 0.6) is 0 Å². The fraction of sp³-hybridized carbons (Fsp3) is 0.600. The number of hydrogen-bond donors (Lipinski definition) is 2. The van der Waals surface area contributed by atoms with E-state index in [4.69, 9.17) is 0 Å². The van der Waals surface area contributed by atoms with E-state index >= 15 is 0 Å². The third kappa shape index (κ3) is 2.17. The maximum absolute atomic E-state index is 11.7. The van der Waals surface area contributed by atoms with Crippen molar-refractivity contribution in [2.75, 3.05) is 12.8 Å². The van der Waals surface area contributed by atoms with Crippen LogP contribution in [0.25, 0.3) is 0 Å². The Morgan fingerprint density at radius 1 is 1.73 bits per heavy atom. The molecule has 0 unspecified atom stereocenters. The van der Waals surface area contributed by atoms with E-state index in [0.717, 1.165) is 12.2 Å². The van der Waals surface area contributed by atoms with E-state index in [-0.39, 0.29) is 5.91 Å². The van der Waals surface area contributed by atoms with Crippen LogP contribution < -0.4 is 5.32 Å². The van der Waals surface area contributed by atoms with Gasteiger partial charge in [0.15, 0.2) is 0 Å². The number of hydrogen-bond acceptors (Lipinski definition) is 3. The number of aryl methyl sites for hydroxylation is 1. The molecule has 1 aliphatic carbocycles. The quantitative estimate of drug-likeness (QED) is 0.813. The third-order valence-corrected chi connectivity index (χ3v) is 4.30. The molecule has 0 spiro atoms. The van der Waals surface area contributed by atoms with Gasteiger partial charge in [0.1, 0.15) is 0 Å². The predicted octanol–water partition coefficient (Wildman–Crippen LogP) is 1.34. The van der Waals surface area contributed by atoms with Crippen LogP contribution >= 0.6 is 11.8 Å². The van der Waals surface area contributed by atoms with Crippen molar-refractivity contribution in [1.82, 2.24) is 15.5 Å². The molecule has 2 N–H and O–H groups in total. The van der Waals surface area contributed by atoms with Crippen LogP contribution in [0.4, 0.5) is 0 Å². The molecule has 1 aliphatic rings. The standard InChI is InChI=1S/C10H15N3OS/c1-7-8(5-12-13-7)9(14)11-6-10(15-2)3-4-10/h5H,3-4,6H2,1-2H3,(H,11,14)(H,12,13). The molecular weight excluding hydrogens is 210 g/mol. The number of thioether (sulfide) groups is 1. The number of carbonyl (C=O) groups excluding carboxylic acids is 1. The summed E-state index contributed by atoms with van der Waals surface area (Å²) in [5, 5.41) is 9.55. The summed E-state index contributed by atoms with van der Waals surface area (Å²) in [6.45, 7) is 2.61. The second-order valence-electron chi connectivity index (χ2n) is 3.98. The van der Waals surface area contributed by atoms with E-state index < -0.39 is 0 Å². The van der Waals surface area contributed by atoms with Crippen molar-refractivity contribution in [3.05, 3.63) is 17.5 Å². The molecule has 1 aromatic heterocycles. The van der Waals surface area contributed by atoms with Crippen molar-refractivity contribution in [2.45, 2.75) is 24.5 Å². The molecule has 0 radical (unpaired) electrons. The smallest absolute Gasteiger partial charge is 0.254 e. The van der Waals surface area contributed by atoms with Gasteiger partial charge >= 0.3 is 0 Å². The van der Waals surface area contributed by atoms with Crippen molar-refractivity contribution in [2.24, 2.45) is 0 Å². The van der Waals surface area contributed by atoms with E-state index in [2.05, 4.69) is 21.8 Å². The zero-order valence-corrected chi connectivity index (χ0v) is 9.78. The summed E-state index contributed by atoms with van der Waals surface area (Å²) < 4.78 is 0.313. The molecule has 2 rings (SSSR count). The van der Waals surface area contributed by atoms with Crippen LogP contribution in [0.1, 0.15) is 28.9 Å². The Morgan fingerprint density at radius 2 is 2.47 bits per heavy atom. The molecule has 1 fully saturated rings. The number of aromatic amines is 1. The average molecular weight is 225 g/mol. The molecule has 4 nitrogen and oxygen atoms in total. The molecule has 0 saturated heterocycles. The highest BCUT2D eigenvalue weighted by atomic mass is 32.2. The first-order valence-corrected chi connectivity index (χ1v) is 6.23. The second kappa shape index (κ2) is 3.89. The Morgan fingerprint density at radius 3 is 2.93 bits per heavy atom. The molecule has 1 heterocycles. The SMILES string of the molecule is CSC1(CNC(=O)c2cn[nH]c2C)CC1. The van der Waals surface area contributed by atoms with E-state index in [9.17, 15) is 4.79 Å². The molecule has 0 atom stereocenters. The normalized spacial score (nSPS) is 17.5. The van der Waals surface area contributed by atoms with Crippen molar-refractivity contribution < 1.29 is 4.79 Å². The maximum atomic E-state index is 11.7. The second-order valence-corrected chi connectivity index (χ2v) is 5.25. The highest BCUT2D eigenvalue weighted by Crippen LogP contribution is 2.46. The number of carbonyl (C=O) groups is 1. The lowest BCUT2D eigenvalue weighted by Gasteiger charge is -2.12.